The number of likely N-dealkylation sites (N-methyl/N-ethyl adjacent to an activating group) is 1. The number of benzene rings is 1. The Hall–Kier alpha value is -1.39. The Morgan fingerprint density at radius 1 is 1.42 bits per heavy atom. The van der Waals surface area contributed by atoms with Crippen LogP contribution in [0, 0.1) is 5.92 Å². The first-order chi connectivity index (χ1) is 9.19. The first kappa shape index (κ1) is 14.0. The van der Waals surface area contributed by atoms with Gasteiger partial charge in [-0.3, -0.25) is 9.69 Å². The van der Waals surface area contributed by atoms with E-state index in [0.717, 1.165) is 32.6 Å². The predicted octanol–water partition coefficient (Wildman–Crippen LogP) is 0.926. The minimum atomic E-state index is 0.0292. The molecule has 4 nitrogen and oxygen atoms in total. The van der Waals surface area contributed by atoms with Crippen molar-refractivity contribution < 1.29 is 4.79 Å². The standard InChI is InChI=1S/C15H23N3O/c1-17(15(19)9-16)10-14-7-8-18(12-14)11-13-5-3-2-4-6-13/h2-6,14H,7-12,16H2,1H3/t14-/m1/s1. The fourth-order valence-electron chi connectivity index (χ4n) is 2.69. The van der Waals surface area contributed by atoms with Gasteiger partial charge in [0.05, 0.1) is 6.54 Å². The van der Waals surface area contributed by atoms with E-state index in [2.05, 4.69) is 29.2 Å². The second-order valence-corrected chi connectivity index (χ2v) is 5.35. The maximum Gasteiger partial charge on any atom is 0.236 e. The Bertz CT molecular complexity index is 407. The zero-order chi connectivity index (χ0) is 13.7. The molecule has 1 aliphatic rings. The van der Waals surface area contributed by atoms with Crippen LogP contribution in [-0.2, 0) is 11.3 Å². The van der Waals surface area contributed by atoms with E-state index in [1.807, 2.05) is 13.1 Å². The van der Waals surface area contributed by atoms with Crippen molar-refractivity contribution in [2.24, 2.45) is 11.7 Å². The molecule has 1 amide bonds. The molecule has 19 heavy (non-hydrogen) atoms. The fourth-order valence-corrected chi connectivity index (χ4v) is 2.69. The lowest BCUT2D eigenvalue weighted by Gasteiger charge is -2.21. The van der Waals surface area contributed by atoms with Gasteiger partial charge in [0.2, 0.25) is 5.91 Å². The number of carbonyl (C=O) groups is 1. The molecule has 0 spiro atoms. The van der Waals surface area contributed by atoms with Gasteiger partial charge in [-0.1, -0.05) is 30.3 Å². The van der Waals surface area contributed by atoms with Crippen molar-refractivity contribution in [2.45, 2.75) is 13.0 Å². The summed E-state index contributed by atoms with van der Waals surface area (Å²) in [5.41, 5.74) is 6.73. The molecule has 1 fully saturated rings. The smallest absolute Gasteiger partial charge is 0.236 e. The van der Waals surface area contributed by atoms with E-state index < -0.39 is 0 Å². The van der Waals surface area contributed by atoms with Gasteiger partial charge in [0, 0.05) is 26.7 Å². The Morgan fingerprint density at radius 3 is 2.84 bits per heavy atom. The number of nitrogens with zero attached hydrogens (tertiary/aromatic N) is 2. The largest absolute Gasteiger partial charge is 0.344 e. The van der Waals surface area contributed by atoms with Crippen molar-refractivity contribution in [1.29, 1.82) is 0 Å². The molecule has 104 valence electrons. The average molecular weight is 261 g/mol. The predicted molar refractivity (Wildman–Crippen MR) is 76.5 cm³/mol. The van der Waals surface area contributed by atoms with Gasteiger partial charge in [-0.2, -0.15) is 0 Å². The quantitative estimate of drug-likeness (QED) is 0.857. The summed E-state index contributed by atoms with van der Waals surface area (Å²) in [5, 5.41) is 0. The van der Waals surface area contributed by atoms with E-state index in [1.54, 1.807) is 4.90 Å². The molecule has 2 rings (SSSR count). The summed E-state index contributed by atoms with van der Waals surface area (Å²) in [6, 6.07) is 10.5. The van der Waals surface area contributed by atoms with Crippen LogP contribution in [0.1, 0.15) is 12.0 Å². The second kappa shape index (κ2) is 6.68. The molecule has 0 unspecified atom stereocenters. The molecule has 0 bridgehead atoms. The fraction of sp³-hybridized carbons (Fsp3) is 0.533. The number of hydrogen-bond donors (Lipinski definition) is 1. The number of rotatable bonds is 5. The number of likely N-dealkylation sites (tertiary alicyclic amines) is 1. The summed E-state index contributed by atoms with van der Waals surface area (Å²) in [5.74, 6) is 0.603. The van der Waals surface area contributed by atoms with Crippen LogP contribution in [0.2, 0.25) is 0 Å². The van der Waals surface area contributed by atoms with Crippen LogP contribution in [0.15, 0.2) is 30.3 Å². The summed E-state index contributed by atoms with van der Waals surface area (Å²) < 4.78 is 0. The molecule has 4 heteroatoms. The van der Waals surface area contributed by atoms with E-state index in [9.17, 15) is 4.79 Å². The van der Waals surface area contributed by atoms with Crippen molar-refractivity contribution >= 4 is 5.91 Å². The normalized spacial score (nSPS) is 19.6. The Kier molecular flexibility index (Phi) is 4.93. The molecule has 1 heterocycles. The highest BCUT2D eigenvalue weighted by Crippen LogP contribution is 2.19. The summed E-state index contributed by atoms with van der Waals surface area (Å²) >= 11 is 0. The van der Waals surface area contributed by atoms with Crippen molar-refractivity contribution in [3.05, 3.63) is 35.9 Å². The van der Waals surface area contributed by atoms with E-state index in [1.165, 1.54) is 5.56 Å². The molecule has 1 saturated heterocycles. The van der Waals surface area contributed by atoms with E-state index in [4.69, 9.17) is 5.73 Å². The van der Waals surface area contributed by atoms with Gasteiger partial charge in [-0.25, -0.2) is 0 Å². The lowest BCUT2D eigenvalue weighted by atomic mass is 10.1. The van der Waals surface area contributed by atoms with Gasteiger partial charge in [-0.15, -0.1) is 0 Å². The van der Waals surface area contributed by atoms with Crippen LogP contribution in [0.3, 0.4) is 0 Å². The molecule has 0 aromatic heterocycles. The maximum atomic E-state index is 11.5. The van der Waals surface area contributed by atoms with Crippen LogP contribution in [0.4, 0.5) is 0 Å². The molecule has 1 aliphatic heterocycles. The average Bonchev–Trinajstić information content (AvgIpc) is 2.86. The topological polar surface area (TPSA) is 49.6 Å². The van der Waals surface area contributed by atoms with Crippen LogP contribution < -0.4 is 5.73 Å². The molecule has 1 aromatic carbocycles. The molecule has 1 atom stereocenters. The zero-order valence-electron chi connectivity index (χ0n) is 11.6. The first-order valence-corrected chi connectivity index (χ1v) is 6.89. The van der Waals surface area contributed by atoms with Gasteiger partial charge in [0.1, 0.15) is 0 Å². The van der Waals surface area contributed by atoms with Crippen molar-refractivity contribution in [2.75, 3.05) is 33.2 Å². The summed E-state index contributed by atoms with van der Waals surface area (Å²) in [6.45, 7) is 4.12. The highest BCUT2D eigenvalue weighted by molar-refractivity contribution is 5.77. The third-order valence-electron chi connectivity index (χ3n) is 3.75. The molecule has 0 radical (unpaired) electrons. The third kappa shape index (κ3) is 4.04. The first-order valence-electron chi connectivity index (χ1n) is 6.89. The van der Waals surface area contributed by atoms with E-state index in [-0.39, 0.29) is 12.5 Å². The monoisotopic (exact) mass is 261 g/mol. The number of nitrogens with two attached hydrogens (primary N) is 1. The molecule has 1 aromatic rings. The summed E-state index contributed by atoms with van der Waals surface area (Å²) in [4.78, 5) is 15.7. The molecule has 0 aliphatic carbocycles. The molecular formula is C15H23N3O. The third-order valence-corrected chi connectivity index (χ3v) is 3.75. The van der Waals surface area contributed by atoms with Crippen LogP contribution in [0.25, 0.3) is 0 Å². The van der Waals surface area contributed by atoms with Gasteiger partial charge < -0.3 is 10.6 Å². The Morgan fingerprint density at radius 2 is 2.16 bits per heavy atom. The van der Waals surface area contributed by atoms with Crippen molar-refractivity contribution in [1.82, 2.24) is 9.80 Å². The van der Waals surface area contributed by atoms with E-state index >= 15 is 0 Å². The van der Waals surface area contributed by atoms with E-state index in [0.29, 0.717) is 5.92 Å². The SMILES string of the molecule is CN(C[C@H]1CCN(Cc2ccccc2)C1)C(=O)CN. The van der Waals surface area contributed by atoms with Crippen LogP contribution in [0.5, 0.6) is 0 Å². The second-order valence-electron chi connectivity index (χ2n) is 5.35. The van der Waals surface area contributed by atoms with Crippen molar-refractivity contribution in [3.63, 3.8) is 0 Å². The summed E-state index contributed by atoms with van der Waals surface area (Å²) in [6.07, 6.45) is 1.16. The highest BCUT2D eigenvalue weighted by atomic mass is 16.2. The molecule has 0 saturated carbocycles. The summed E-state index contributed by atoms with van der Waals surface area (Å²) in [7, 11) is 1.84. The maximum absolute atomic E-state index is 11.5. The highest BCUT2D eigenvalue weighted by Gasteiger charge is 2.24. The number of carbonyl (C=O) groups excluding carboxylic acids is 1. The van der Waals surface area contributed by atoms with Crippen molar-refractivity contribution in [3.8, 4) is 0 Å². The minimum absolute atomic E-state index is 0.0292. The number of amides is 1. The van der Waals surface area contributed by atoms with Gasteiger partial charge in [-0.05, 0) is 24.4 Å². The Balaban J connectivity index is 1.79. The van der Waals surface area contributed by atoms with Crippen LogP contribution >= 0.6 is 0 Å². The molecule has 2 N–H and O–H groups in total. The molecular weight excluding hydrogens is 238 g/mol. The lowest BCUT2D eigenvalue weighted by molar-refractivity contribution is -0.128. The lowest BCUT2D eigenvalue weighted by Crippen LogP contribution is -2.36. The zero-order valence-corrected chi connectivity index (χ0v) is 11.6. The number of hydrogen-bond acceptors (Lipinski definition) is 3. The van der Waals surface area contributed by atoms with Gasteiger partial charge in [0.15, 0.2) is 0 Å². The van der Waals surface area contributed by atoms with Crippen LogP contribution in [-0.4, -0.2) is 48.9 Å². The Labute approximate surface area is 115 Å². The minimum Gasteiger partial charge on any atom is -0.344 e. The van der Waals surface area contributed by atoms with Gasteiger partial charge in [0.25, 0.3) is 0 Å². The van der Waals surface area contributed by atoms with Gasteiger partial charge >= 0.3 is 0 Å².